The maximum Gasteiger partial charge on any atom is 0.0880 e. The zero-order valence-electron chi connectivity index (χ0n) is 10.7. The summed E-state index contributed by atoms with van der Waals surface area (Å²) in [5, 5.41) is 4.20. The lowest BCUT2D eigenvalue weighted by Gasteiger charge is -2.20. The topological polar surface area (TPSA) is 30.5 Å². The second-order valence-corrected chi connectivity index (χ2v) is 4.97. The Morgan fingerprint density at radius 2 is 2.28 bits per heavy atom. The van der Waals surface area contributed by atoms with Crippen LogP contribution < -0.4 is 5.32 Å². The van der Waals surface area contributed by atoms with Crippen molar-refractivity contribution in [1.82, 2.24) is 5.32 Å². The van der Waals surface area contributed by atoms with Crippen molar-refractivity contribution in [2.24, 2.45) is 5.92 Å². The van der Waals surface area contributed by atoms with Gasteiger partial charge in [-0.1, -0.05) is 29.8 Å². The van der Waals surface area contributed by atoms with Crippen LogP contribution in [0.1, 0.15) is 18.1 Å². The van der Waals surface area contributed by atoms with Crippen LogP contribution >= 0.6 is 11.6 Å². The fourth-order valence-corrected chi connectivity index (χ4v) is 2.60. The second-order valence-electron chi connectivity index (χ2n) is 4.56. The Kier molecular flexibility index (Phi) is 5.45. The van der Waals surface area contributed by atoms with E-state index in [0.29, 0.717) is 5.92 Å². The summed E-state index contributed by atoms with van der Waals surface area (Å²) in [7, 11) is 1.72. The van der Waals surface area contributed by atoms with Crippen molar-refractivity contribution in [2.45, 2.75) is 12.5 Å². The number of ether oxygens (including phenoxy) is 2. The Bertz CT molecular complexity index is 373. The van der Waals surface area contributed by atoms with Crippen LogP contribution in [0.5, 0.6) is 0 Å². The fourth-order valence-electron chi connectivity index (χ4n) is 2.35. The van der Waals surface area contributed by atoms with Gasteiger partial charge in [0, 0.05) is 37.7 Å². The minimum absolute atomic E-state index is 0.119. The summed E-state index contributed by atoms with van der Waals surface area (Å²) in [6.07, 6.45) is 1.20. The number of rotatable bonds is 6. The molecule has 1 aromatic rings. The quantitative estimate of drug-likeness (QED) is 0.806. The van der Waals surface area contributed by atoms with E-state index >= 15 is 0 Å². The third-order valence-corrected chi connectivity index (χ3v) is 3.66. The summed E-state index contributed by atoms with van der Waals surface area (Å²) < 4.78 is 10.9. The van der Waals surface area contributed by atoms with Gasteiger partial charge in [-0.2, -0.15) is 0 Å². The molecule has 0 aromatic heterocycles. The van der Waals surface area contributed by atoms with Gasteiger partial charge in [0.05, 0.1) is 12.7 Å². The Hall–Kier alpha value is -0.610. The molecule has 18 heavy (non-hydrogen) atoms. The van der Waals surface area contributed by atoms with Gasteiger partial charge in [0.25, 0.3) is 0 Å². The van der Waals surface area contributed by atoms with Crippen LogP contribution in [0.25, 0.3) is 0 Å². The van der Waals surface area contributed by atoms with E-state index in [1.807, 2.05) is 18.2 Å². The molecular weight excluding hydrogens is 250 g/mol. The predicted molar refractivity (Wildman–Crippen MR) is 73.0 cm³/mol. The summed E-state index contributed by atoms with van der Waals surface area (Å²) in [6.45, 7) is 3.37. The van der Waals surface area contributed by atoms with E-state index in [1.165, 1.54) is 0 Å². The summed E-state index contributed by atoms with van der Waals surface area (Å²) in [5.41, 5.74) is 1.11. The Labute approximate surface area is 113 Å². The molecular formula is C14H20ClNO2. The van der Waals surface area contributed by atoms with Gasteiger partial charge in [-0.05, 0) is 18.1 Å². The van der Waals surface area contributed by atoms with Gasteiger partial charge < -0.3 is 14.8 Å². The third kappa shape index (κ3) is 3.45. The average molecular weight is 270 g/mol. The molecule has 0 bridgehead atoms. The molecule has 4 heteroatoms. The van der Waals surface area contributed by atoms with Crippen LogP contribution in [-0.2, 0) is 9.47 Å². The molecule has 1 N–H and O–H groups in total. The van der Waals surface area contributed by atoms with Gasteiger partial charge in [-0.3, -0.25) is 0 Å². The first-order chi connectivity index (χ1) is 8.83. The first-order valence-corrected chi connectivity index (χ1v) is 6.76. The van der Waals surface area contributed by atoms with Gasteiger partial charge in [0.2, 0.25) is 0 Å². The average Bonchev–Trinajstić information content (AvgIpc) is 2.83. The molecule has 0 radical (unpaired) electrons. The van der Waals surface area contributed by atoms with Gasteiger partial charge in [-0.25, -0.2) is 0 Å². The highest BCUT2D eigenvalue weighted by Gasteiger charge is 2.30. The standard InChI is InChI=1S/C14H20ClNO2/c1-17-9-7-16-10-11-6-8-18-14(11)12-4-2-3-5-13(12)15/h2-5,11,14,16H,6-10H2,1H3. The van der Waals surface area contributed by atoms with Crippen molar-refractivity contribution in [3.63, 3.8) is 0 Å². The maximum absolute atomic E-state index is 6.23. The number of halogens is 1. The van der Waals surface area contributed by atoms with Gasteiger partial charge in [-0.15, -0.1) is 0 Å². The van der Waals surface area contributed by atoms with E-state index < -0.39 is 0 Å². The van der Waals surface area contributed by atoms with Crippen molar-refractivity contribution < 1.29 is 9.47 Å². The number of hydrogen-bond donors (Lipinski definition) is 1. The van der Waals surface area contributed by atoms with Crippen LogP contribution in [0.4, 0.5) is 0 Å². The fraction of sp³-hybridized carbons (Fsp3) is 0.571. The van der Waals surface area contributed by atoms with E-state index in [-0.39, 0.29) is 6.10 Å². The van der Waals surface area contributed by atoms with Crippen molar-refractivity contribution in [3.8, 4) is 0 Å². The molecule has 0 saturated carbocycles. The van der Waals surface area contributed by atoms with Crippen molar-refractivity contribution in [1.29, 1.82) is 0 Å². The van der Waals surface area contributed by atoms with Crippen LogP contribution in [0.15, 0.2) is 24.3 Å². The third-order valence-electron chi connectivity index (χ3n) is 3.32. The highest BCUT2D eigenvalue weighted by Crippen LogP contribution is 2.37. The molecule has 1 saturated heterocycles. The van der Waals surface area contributed by atoms with Crippen molar-refractivity contribution in [3.05, 3.63) is 34.9 Å². The summed E-state index contributed by atoms with van der Waals surface area (Å²) in [6, 6.07) is 7.94. The first kappa shape index (κ1) is 13.8. The minimum Gasteiger partial charge on any atom is -0.383 e. The van der Waals surface area contributed by atoms with Crippen LogP contribution in [-0.4, -0.2) is 33.4 Å². The van der Waals surface area contributed by atoms with Gasteiger partial charge >= 0.3 is 0 Å². The Morgan fingerprint density at radius 1 is 1.44 bits per heavy atom. The van der Waals surface area contributed by atoms with E-state index in [9.17, 15) is 0 Å². The highest BCUT2D eigenvalue weighted by atomic mass is 35.5. The van der Waals surface area contributed by atoms with E-state index in [2.05, 4.69) is 11.4 Å². The molecule has 2 rings (SSSR count). The van der Waals surface area contributed by atoms with Gasteiger partial charge in [0.1, 0.15) is 0 Å². The summed E-state index contributed by atoms with van der Waals surface area (Å²) in [4.78, 5) is 0. The van der Waals surface area contributed by atoms with E-state index in [0.717, 1.165) is 43.3 Å². The zero-order valence-corrected chi connectivity index (χ0v) is 11.5. The van der Waals surface area contributed by atoms with Crippen LogP contribution in [0.2, 0.25) is 5.02 Å². The SMILES string of the molecule is COCCNCC1CCOC1c1ccccc1Cl. The lowest BCUT2D eigenvalue weighted by Crippen LogP contribution is -2.27. The number of hydrogen-bond acceptors (Lipinski definition) is 3. The molecule has 1 aromatic carbocycles. The molecule has 1 heterocycles. The van der Waals surface area contributed by atoms with E-state index in [4.69, 9.17) is 21.1 Å². The first-order valence-electron chi connectivity index (χ1n) is 6.38. The van der Waals surface area contributed by atoms with Gasteiger partial charge in [0.15, 0.2) is 0 Å². The Morgan fingerprint density at radius 3 is 3.06 bits per heavy atom. The smallest absolute Gasteiger partial charge is 0.0880 e. The monoisotopic (exact) mass is 269 g/mol. The molecule has 100 valence electrons. The zero-order chi connectivity index (χ0) is 12.8. The number of methoxy groups -OCH3 is 1. The molecule has 1 aliphatic rings. The van der Waals surface area contributed by atoms with E-state index in [1.54, 1.807) is 7.11 Å². The molecule has 3 nitrogen and oxygen atoms in total. The minimum atomic E-state index is 0.119. The molecule has 1 aliphatic heterocycles. The Balaban J connectivity index is 1.93. The number of nitrogens with one attached hydrogen (secondary N) is 1. The highest BCUT2D eigenvalue weighted by molar-refractivity contribution is 6.31. The normalized spacial score (nSPS) is 23.4. The number of benzene rings is 1. The summed E-state index contributed by atoms with van der Waals surface area (Å²) >= 11 is 6.23. The molecule has 0 aliphatic carbocycles. The van der Waals surface area contributed by atoms with Crippen LogP contribution in [0, 0.1) is 5.92 Å². The van der Waals surface area contributed by atoms with Crippen molar-refractivity contribution >= 4 is 11.6 Å². The molecule has 2 unspecified atom stereocenters. The maximum atomic E-state index is 6.23. The lowest BCUT2D eigenvalue weighted by molar-refractivity contribution is 0.0899. The van der Waals surface area contributed by atoms with Crippen molar-refractivity contribution in [2.75, 3.05) is 33.4 Å². The lowest BCUT2D eigenvalue weighted by atomic mass is 9.95. The van der Waals surface area contributed by atoms with Crippen LogP contribution in [0.3, 0.4) is 0 Å². The largest absolute Gasteiger partial charge is 0.383 e. The molecule has 0 amide bonds. The summed E-state index contributed by atoms with van der Waals surface area (Å²) in [5.74, 6) is 0.488. The predicted octanol–water partition coefficient (Wildman–Crippen LogP) is 2.65. The molecule has 2 atom stereocenters. The molecule has 1 fully saturated rings. The second kappa shape index (κ2) is 7.10. The molecule has 0 spiro atoms.